The van der Waals surface area contributed by atoms with Crippen LogP contribution in [-0.4, -0.2) is 75.1 Å². The van der Waals surface area contributed by atoms with Crippen LogP contribution in [0.2, 0.25) is 0 Å². The summed E-state index contributed by atoms with van der Waals surface area (Å²) in [6.07, 6.45) is 34.2. The number of carbonyl (C=O) groups is 2. The van der Waals surface area contributed by atoms with Crippen LogP contribution in [0.5, 0.6) is 0 Å². The van der Waals surface area contributed by atoms with Gasteiger partial charge in [-0.3, -0.25) is 9.59 Å². The standard InChI is InChI=1S/2C19H37O3.Ca/c2*1-3-4-5-6-7-8-9-10-11-12-13-14-15-16-17-22-19(21)18(2)20;/h2*18H,3-17H2,1-2H3;/q2*-1;+2. The Bertz CT molecular complexity index is 535. The van der Waals surface area contributed by atoms with Crippen molar-refractivity contribution in [3.63, 3.8) is 0 Å². The van der Waals surface area contributed by atoms with E-state index in [9.17, 15) is 19.8 Å². The maximum absolute atomic E-state index is 10.9. The van der Waals surface area contributed by atoms with E-state index < -0.39 is 24.1 Å². The first-order valence-electron chi connectivity index (χ1n) is 19.0. The van der Waals surface area contributed by atoms with Gasteiger partial charge in [0.05, 0.1) is 13.2 Å². The van der Waals surface area contributed by atoms with Crippen LogP contribution in [0, 0.1) is 0 Å². The fourth-order valence-corrected chi connectivity index (χ4v) is 5.17. The molecule has 0 aliphatic rings. The molecule has 0 bridgehead atoms. The van der Waals surface area contributed by atoms with Crippen LogP contribution in [-0.2, 0) is 19.1 Å². The van der Waals surface area contributed by atoms with Crippen molar-refractivity contribution in [1.82, 2.24) is 0 Å². The number of esters is 2. The third-order valence-electron chi connectivity index (χ3n) is 8.15. The summed E-state index contributed by atoms with van der Waals surface area (Å²) in [7, 11) is 0. The summed E-state index contributed by atoms with van der Waals surface area (Å²) in [6, 6.07) is 0. The van der Waals surface area contributed by atoms with Gasteiger partial charge in [-0.2, -0.15) is 0 Å². The van der Waals surface area contributed by atoms with E-state index in [1.165, 1.54) is 168 Å². The van der Waals surface area contributed by atoms with Crippen molar-refractivity contribution < 1.29 is 29.3 Å². The Balaban J connectivity index is -0.000000767. The summed E-state index contributed by atoms with van der Waals surface area (Å²) < 4.78 is 9.72. The summed E-state index contributed by atoms with van der Waals surface area (Å²) >= 11 is 0. The molecule has 0 aromatic rings. The van der Waals surface area contributed by atoms with Gasteiger partial charge < -0.3 is 19.7 Å². The molecule has 0 fully saturated rings. The van der Waals surface area contributed by atoms with Crippen LogP contribution in [0.15, 0.2) is 0 Å². The Kier molecular flexibility index (Phi) is 46.4. The molecule has 2 unspecified atom stereocenters. The number of rotatable bonds is 32. The summed E-state index contributed by atoms with van der Waals surface area (Å²) in [5.74, 6) is -1.23. The van der Waals surface area contributed by atoms with Gasteiger partial charge in [0.15, 0.2) is 0 Å². The number of carbonyl (C=O) groups excluding carboxylic acids is 2. The van der Waals surface area contributed by atoms with Gasteiger partial charge in [0, 0.05) is 0 Å². The molecule has 0 heterocycles. The summed E-state index contributed by atoms with van der Waals surface area (Å²) in [5, 5.41) is 21.5. The van der Waals surface area contributed by atoms with E-state index in [0.29, 0.717) is 13.2 Å². The maximum atomic E-state index is 10.9. The van der Waals surface area contributed by atoms with Gasteiger partial charge in [0.2, 0.25) is 0 Å². The van der Waals surface area contributed by atoms with Gasteiger partial charge in [-0.1, -0.05) is 195 Å². The minimum absolute atomic E-state index is 0. The van der Waals surface area contributed by atoms with E-state index in [-0.39, 0.29) is 37.7 Å². The fraction of sp³-hybridized carbons (Fsp3) is 0.947. The van der Waals surface area contributed by atoms with Gasteiger partial charge >= 0.3 is 37.7 Å². The molecule has 0 spiro atoms. The number of hydrogen-bond acceptors (Lipinski definition) is 6. The molecular weight excluding hydrogens is 592 g/mol. The van der Waals surface area contributed by atoms with E-state index in [4.69, 9.17) is 9.47 Å². The third kappa shape index (κ3) is 44.1. The summed E-state index contributed by atoms with van der Waals surface area (Å²) in [6.45, 7) is 7.99. The van der Waals surface area contributed by atoms with E-state index in [2.05, 4.69) is 13.8 Å². The van der Waals surface area contributed by atoms with Gasteiger partial charge in [0.1, 0.15) is 0 Å². The van der Waals surface area contributed by atoms with Crippen molar-refractivity contribution in [2.24, 2.45) is 0 Å². The molecule has 0 rings (SSSR count). The molecule has 0 aliphatic carbocycles. The van der Waals surface area contributed by atoms with Crippen LogP contribution in [0.1, 0.15) is 207 Å². The van der Waals surface area contributed by atoms with Crippen molar-refractivity contribution >= 4 is 49.7 Å². The molecule has 6 nitrogen and oxygen atoms in total. The molecular formula is C38H74CaO6. The first kappa shape index (κ1) is 49.5. The molecule has 45 heavy (non-hydrogen) atoms. The normalized spacial score (nSPS) is 12.0. The average molecular weight is 667 g/mol. The smallest absolute Gasteiger partial charge is 0.844 e. The SMILES string of the molecule is CCCCCCCCCCCCCCCCOC(=O)C(C)[O-].CCCCCCCCCCCCCCCCOC(=O)C(C)[O-].[Ca+2]. The van der Waals surface area contributed by atoms with Crippen molar-refractivity contribution in [3.05, 3.63) is 0 Å². The third-order valence-corrected chi connectivity index (χ3v) is 8.15. The largest absolute Gasteiger partial charge is 2.00 e. The Hall–Kier alpha value is 0.120. The second kappa shape index (κ2) is 42.1. The molecule has 0 N–H and O–H groups in total. The van der Waals surface area contributed by atoms with Gasteiger partial charge in [0.25, 0.3) is 11.9 Å². The predicted molar refractivity (Wildman–Crippen MR) is 187 cm³/mol. The molecule has 2 atom stereocenters. The minimum Gasteiger partial charge on any atom is -0.844 e. The Morgan fingerprint density at radius 2 is 0.578 bits per heavy atom. The molecule has 7 heteroatoms. The molecule has 0 radical (unpaired) electrons. The van der Waals surface area contributed by atoms with Crippen LogP contribution in [0.4, 0.5) is 0 Å². The van der Waals surface area contributed by atoms with E-state index in [0.717, 1.165) is 25.7 Å². The molecule has 0 saturated carbocycles. The second-order valence-electron chi connectivity index (χ2n) is 12.8. The molecule has 264 valence electrons. The zero-order valence-electron chi connectivity index (χ0n) is 30.5. The Morgan fingerprint density at radius 1 is 0.400 bits per heavy atom. The predicted octanol–water partition coefficient (Wildman–Crippen LogP) is 9.14. The van der Waals surface area contributed by atoms with Crippen LogP contribution in [0.25, 0.3) is 0 Å². The first-order chi connectivity index (χ1) is 21.4. The number of ether oxygens (including phenoxy) is 2. The zero-order chi connectivity index (χ0) is 32.9. The zero-order valence-corrected chi connectivity index (χ0v) is 32.7. The van der Waals surface area contributed by atoms with Crippen molar-refractivity contribution in [2.45, 2.75) is 220 Å². The first-order valence-corrected chi connectivity index (χ1v) is 19.0. The Labute approximate surface area is 310 Å². The van der Waals surface area contributed by atoms with E-state index in [1.807, 2.05) is 0 Å². The van der Waals surface area contributed by atoms with Crippen LogP contribution >= 0.6 is 0 Å². The minimum atomic E-state index is -1.24. The molecule has 0 amide bonds. The number of hydrogen-bond donors (Lipinski definition) is 0. The monoisotopic (exact) mass is 667 g/mol. The Morgan fingerprint density at radius 3 is 0.756 bits per heavy atom. The quantitative estimate of drug-likeness (QED) is 0.0403. The van der Waals surface area contributed by atoms with Crippen molar-refractivity contribution in [2.75, 3.05) is 13.2 Å². The summed E-state index contributed by atoms with van der Waals surface area (Å²) in [4.78, 5) is 21.9. The van der Waals surface area contributed by atoms with Crippen LogP contribution in [0.3, 0.4) is 0 Å². The molecule has 0 aromatic heterocycles. The molecule has 0 aromatic carbocycles. The second-order valence-corrected chi connectivity index (χ2v) is 12.8. The van der Waals surface area contributed by atoms with Crippen molar-refractivity contribution in [1.29, 1.82) is 0 Å². The molecule has 0 aliphatic heterocycles. The molecule has 0 saturated heterocycles. The van der Waals surface area contributed by atoms with Gasteiger partial charge in [-0.25, -0.2) is 0 Å². The maximum Gasteiger partial charge on any atom is 2.00 e. The topological polar surface area (TPSA) is 98.7 Å². The average Bonchev–Trinajstić information content (AvgIpc) is 3.01. The van der Waals surface area contributed by atoms with Gasteiger partial charge in [-0.15, -0.1) is 0 Å². The van der Waals surface area contributed by atoms with Crippen molar-refractivity contribution in [3.8, 4) is 0 Å². The van der Waals surface area contributed by atoms with Crippen LogP contribution < -0.4 is 10.2 Å². The van der Waals surface area contributed by atoms with Gasteiger partial charge in [-0.05, 0) is 25.0 Å². The summed E-state index contributed by atoms with van der Waals surface area (Å²) in [5.41, 5.74) is 0. The fourth-order valence-electron chi connectivity index (χ4n) is 5.17. The van der Waals surface area contributed by atoms with E-state index in [1.54, 1.807) is 0 Å². The van der Waals surface area contributed by atoms with E-state index >= 15 is 0 Å². The number of unbranched alkanes of at least 4 members (excludes halogenated alkanes) is 26.